The van der Waals surface area contributed by atoms with Crippen molar-refractivity contribution in [3.63, 3.8) is 0 Å². The summed E-state index contributed by atoms with van der Waals surface area (Å²) in [6.07, 6.45) is 6.57. The number of benzene rings is 2. The molecule has 0 saturated carbocycles. The first kappa shape index (κ1) is 34.7. The van der Waals surface area contributed by atoms with Crippen molar-refractivity contribution < 1.29 is 9.53 Å². The largest absolute Gasteiger partial charge is 0.492 e. The fourth-order valence-electron chi connectivity index (χ4n) is 6.18. The van der Waals surface area contributed by atoms with E-state index in [2.05, 4.69) is 73.3 Å². The molecular weight excluding hydrogens is 574 g/mol. The Morgan fingerprint density at radius 2 is 1.63 bits per heavy atom. The van der Waals surface area contributed by atoms with Gasteiger partial charge in [0.15, 0.2) is 0 Å². The number of para-hydroxylation sites is 1. The van der Waals surface area contributed by atoms with Gasteiger partial charge in [-0.05, 0) is 85.1 Å². The molecule has 1 saturated heterocycles. The molecule has 2 aromatic heterocycles. The first-order chi connectivity index (χ1) is 22.3. The van der Waals surface area contributed by atoms with Gasteiger partial charge in [-0.1, -0.05) is 71.4 Å². The number of hydrogen-bond donors (Lipinski definition) is 2. The molecule has 1 fully saturated rings. The molecular formula is C38H51N5O3. The third kappa shape index (κ3) is 8.35. The minimum absolute atomic E-state index is 0.243. The van der Waals surface area contributed by atoms with E-state index >= 15 is 0 Å². The summed E-state index contributed by atoms with van der Waals surface area (Å²) in [6.45, 7) is 15.4. The average Bonchev–Trinajstić information content (AvgIpc) is 3.58. The maximum atomic E-state index is 13.3. The van der Waals surface area contributed by atoms with E-state index in [-0.39, 0.29) is 11.2 Å². The van der Waals surface area contributed by atoms with Gasteiger partial charge in [-0.2, -0.15) is 0 Å². The third-order valence-electron chi connectivity index (χ3n) is 8.58. The molecule has 0 spiro atoms. The highest BCUT2D eigenvalue weighted by Gasteiger charge is 2.19. The fourth-order valence-corrected chi connectivity index (χ4v) is 6.18. The first-order valence-corrected chi connectivity index (χ1v) is 16.8. The quantitative estimate of drug-likeness (QED) is 0.147. The molecule has 8 nitrogen and oxygen atoms in total. The second-order valence-corrected chi connectivity index (χ2v) is 12.5. The summed E-state index contributed by atoms with van der Waals surface area (Å²) in [7, 11) is 2.01. The number of rotatable bonds is 13. The number of likely N-dealkylation sites (tertiary alicyclic amines) is 1. The number of carbonyl (C=O) groups excluding carboxylic acids is 1. The smallest absolute Gasteiger partial charge is 0.276 e. The molecule has 5 rings (SSSR count). The van der Waals surface area contributed by atoms with E-state index in [1.165, 1.54) is 29.7 Å². The predicted molar refractivity (Wildman–Crippen MR) is 191 cm³/mol. The van der Waals surface area contributed by atoms with E-state index in [0.29, 0.717) is 42.6 Å². The number of pyridine rings is 2. The highest BCUT2D eigenvalue weighted by atomic mass is 16.5. The molecule has 46 heavy (non-hydrogen) atoms. The molecule has 1 aliphatic heterocycles. The molecule has 0 radical (unpaired) electrons. The molecule has 2 aromatic carbocycles. The zero-order chi connectivity index (χ0) is 33.1. The lowest BCUT2D eigenvalue weighted by molar-refractivity contribution is -0.105. The minimum Gasteiger partial charge on any atom is -0.492 e. The van der Waals surface area contributed by atoms with E-state index in [4.69, 9.17) is 4.74 Å². The van der Waals surface area contributed by atoms with Gasteiger partial charge in [0.05, 0.1) is 0 Å². The van der Waals surface area contributed by atoms with E-state index in [1.807, 2.05) is 43.4 Å². The third-order valence-corrected chi connectivity index (χ3v) is 8.58. The SMILES string of the molecule is CCCCn1c(=O)c(NC=O)c(-c2cccc(OCCN3CCCC3)c2)c2cccnc21.CNc1c(C(C)C)cccc1C(C)C. The van der Waals surface area contributed by atoms with Gasteiger partial charge >= 0.3 is 0 Å². The van der Waals surface area contributed by atoms with Crippen LogP contribution in [-0.4, -0.2) is 54.1 Å². The highest BCUT2D eigenvalue weighted by molar-refractivity contribution is 6.01. The topological polar surface area (TPSA) is 88.5 Å². The van der Waals surface area contributed by atoms with Gasteiger partial charge in [0.1, 0.15) is 23.7 Å². The van der Waals surface area contributed by atoms with Crippen LogP contribution in [0.4, 0.5) is 11.4 Å². The number of unbranched alkanes of at least 4 members (excludes halogenated alkanes) is 1. The lowest BCUT2D eigenvalue weighted by atomic mass is 9.93. The molecule has 3 heterocycles. The van der Waals surface area contributed by atoms with Gasteiger partial charge in [-0.15, -0.1) is 0 Å². The monoisotopic (exact) mass is 625 g/mol. The Labute approximate surface area is 274 Å². The predicted octanol–water partition coefficient (Wildman–Crippen LogP) is 7.88. The van der Waals surface area contributed by atoms with Crippen molar-refractivity contribution in [3.8, 4) is 16.9 Å². The normalized spacial score (nSPS) is 13.1. The Balaban J connectivity index is 0.000000288. The highest BCUT2D eigenvalue weighted by Crippen LogP contribution is 2.35. The summed E-state index contributed by atoms with van der Waals surface area (Å²) >= 11 is 0. The van der Waals surface area contributed by atoms with Crippen molar-refractivity contribution in [1.82, 2.24) is 14.5 Å². The number of nitrogens with zero attached hydrogens (tertiary/aromatic N) is 3. The minimum atomic E-state index is -0.243. The number of aryl methyl sites for hydroxylation is 1. The van der Waals surface area contributed by atoms with Crippen LogP contribution in [-0.2, 0) is 11.3 Å². The second kappa shape index (κ2) is 16.9. The maximum absolute atomic E-state index is 13.3. The number of hydrogen-bond acceptors (Lipinski definition) is 6. The van der Waals surface area contributed by atoms with Crippen LogP contribution in [0, 0.1) is 0 Å². The Kier molecular flexibility index (Phi) is 12.8. The Morgan fingerprint density at radius 1 is 0.935 bits per heavy atom. The summed E-state index contributed by atoms with van der Waals surface area (Å²) < 4.78 is 7.68. The first-order valence-electron chi connectivity index (χ1n) is 16.8. The molecule has 2 N–H and O–H groups in total. The van der Waals surface area contributed by atoms with Crippen molar-refractivity contribution in [2.24, 2.45) is 0 Å². The molecule has 4 aromatic rings. The number of amides is 1. The summed E-state index contributed by atoms with van der Waals surface area (Å²) in [5.41, 5.74) is 6.28. The summed E-state index contributed by atoms with van der Waals surface area (Å²) in [4.78, 5) is 31.7. The average molecular weight is 626 g/mol. The van der Waals surface area contributed by atoms with E-state index in [1.54, 1.807) is 10.8 Å². The Morgan fingerprint density at radius 3 is 2.26 bits per heavy atom. The second-order valence-electron chi connectivity index (χ2n) is 12.5. The maximum Gasteiger partial charge on any atom is 0.276 e. The zero-order valence-electron chi connectivity index (χ0n) is 28.4. The molecule has 246 valence electrons. The van der Waals surface area contributed by atoms with Gasteiger partial charge in [0.2, 0.25) is 6.41 Å². The van der Waals surface area contributed by atoms with Crippen molar-refractivity contribution in [2.75, 3.05) is 43.9 Å². The van der Waals surface area contributed by atoms with Crippen LogP contribution in [0.2, 0.25) is 0 Å². The number of aromatic nitrogens is 2. The van der Waals surface area contributed by atoms with Crippen LogP contribution in [0.5, 0.6) is 5.75 Å². The number of anilines is 2. The van der Waals surface area contributed by atoms with Gasteiger partial charge in [-0.25, -0.2) is 4.98 Å². The number of carbonyl (C=O) groups is 1. The zero-order valence-corrected chi connectivity index (χ0v) is 28.4. The summed E-state index contributed by atoms with van der Waals surface area (Å²) in [5.74, 6) is 1.90. The molecule has 1 aliphatic rings. The fraction of sp³-hybridized carbons (Fsp3) is 0.447. The van der Waals surface area contributed by atoms with E-state index in [9.17, 15) is 9.59 Å². The molecule has 8 heteroatoms. The van der Waals surface area contributed by atoms with E-state index in [0.717, 1.165) is 49.2 Å². The Bertz CT molecular complexity index is 1610. The van der Waals surface area contributed by atoms with Crippen molar-refractivity contribution in [3.05, 3.63) is 82.3 Å². The van der Waals surface area contributed by atoms with Crippen LogP contribution < -0.4 is 20.9 Å². The van der Waals surface area contributed by atoms with Crippen LogP contribution >= 0.6 is 0 Å². The van der Waals surface area contributed by atoms with Gasteiger partial charge in [0, 0.05) is 43.0 Å². The summed E-state index contributed by atoms with van der Waals surface area (Å²) in [6, 6.07) is 18.1. The number of ether oxygens (including phenoxy) is 1. The van der Waals surface area contributed by atoms with Crippen molar-refractivity contribution in [1.29, 1.82) is 0 Å². The lowest BCUT2D eigenvalue weighted by Crippen LogP contribution is -2.25. The lowest BCUT2D eigenvalue weighted by Gasteiger charge is -2.18. The van der Waals surface area contributed by atoms with Gasteiger partial charge in [0.25, 0.3) is 5.56 Å². The van der Waals surface area contributed by atoms with Crippen LogP contribution in [0.15, 0.2) is 65.6 Å². The van der Waals surface area contributed by atoms with Gasteiger partial charge in [-0.3, -0.25) is 19.1 Å². The Hall–Kier alpha value is -4.17. The standard InChI is InChI=1S/C25H30N4O3.C13H21N/c1-2-3-14-29-24-21(10-7-11-26-24)22(23(25(29)31)27-18-30)19-8-6-9-20(17-19)32-16-15-28-12-4-5-13-28;1-9(2)11-7-6-8-12(10(3)4)13(11)14-5/h6-11,17-18H,2-5,12-16H2,1H3,(H,27,30);6-10,14H,1-5H3. The molecule has 0 aliphatic carbocycles. The van der Waals surface area contributed by atoms with Crippen LogP contribution in [0.1, 0.15) is 83.3 Å². The van der Waals surface area contributed by atoms with Gasteiger partial charge < -0.3 is 15.4 Å². The molecule has 1 amide bonds. The van der Waals surface area contributed by atoms with Crippen molar-refractivity contribution in [2.45, 2.75) is 78.7 Å². The van der Waals surface area contributed by atoms with E-state index < -0.39 is 0 Å². The van der Waals surface area contributed by atoms with Crippen LogP contribution in [0.25, 0.3) is 22.2 Å². The van der Waals surface area contributed by atoms with Crippen LogP contribution in [0.3, 0.4) is 0 Å². The number of nitrogens with one attached hydrogen (secondary N) is 2. The molecule has 0 unspecified atom stereocenters. The molecule has 0 atom stereocenters. The molecule has 0 bridgehead atoms. The number of fused-ring (bicyclic) bond motifs is 1. The van der Waals surface area contributed by atoms with Crippen molar-refractivity contribution >= 4 is 28.8 Å². The summed E-state index contributed by atoms with van der Waals surface area (Å²) in [5, 5.41) is 6.81.